The van der Waals surface area contributed by atoms with E-state index < -0.39 is 0 Å². The zero-order chi connectivity index (χ0) is 13.1. The SMILES string of the molecule is Cc1csc(Sc2cc(N)cc(OC(C)C)c2)n1. The van der Waals surface area contributed by atoms with Crippen LogP contribution in [0.5, 0.6) is 5.75 Å². The van der Waals surface area contributed by atoms with Gasteiger partial charge in [0.15, 0.2) is 4.34 Å². The highest BCUT2D eigenvalue weighted by atomic mass is 32.2. The van der Waals surface area contributed by atoms with Crippen molar-refractivity contribution in [2.75, 3.05) is 5.73 Å². The molecule has 3 nitrogen and oxygen atoms in total. The van der Waals surface area contributed by atoms with Gasteiger partial charge in [0.1, 0.15) is 5.75 Å². The number of aryl methyl sites for hydroxylation is 1. The van der Waals surface area contributed by atoms with Crippen molar-refractivity contribution in [3.05, 3.63) is 29.3 Å². The number of anilines is 1. The van der Waals surface area contributed by atoms with Crippen LogP contribution >= 0.6 is 23.1 Å². The van der Waals surface area contributed by atoms with Crippen molar-refractivity contribution in [3.8, 4) is 5.75 Å². The average Bonchev–Trinajstić information content (AvgIpc) is 2.61. The van der Waals surface area contributed by atoms with E-state index in [9.17, 15) is 0 Å². The molecule has 2 N–H and O–H groups in total. The molecule has 0 amide bonds. The number of hydrogen-bond donors (Lipinski definition) is 1. The molecule has 0 radical (unpaired) electrons. The predicted octanol–water partition coefficient (Wildman–Crippen LogP) is 3.97. The molecule has 0 saturated heterocycles. The number of benzene rings is 1. The Balaban J connectivity index is 2.19. The second kappa shape index (κ2) is 5.63. The van der Waals surface area contributed by atoms with Crippen molar-refractivity contribution in [3.63, 3.8) is 0 Å². The number of rotatable bonds is 4. The zero-order valence-corrected chi connectivity index (χ0v) is 12.3. The normalized spacial score (nSPS) is 10.9. The van der Waals surface area contributed by atoms with E-state index in [1.165, 1.54) is 0 Å². The van der Waals surface area contributed by atoms with E-state index in [1.807, 2.05) is 44.4 Å². The van der Waals surface area contributed by atoms with Gasteiger partial charge in [0, 0.05) is 27.7 Å². The maximum atomic E-state index is 5.88. The number of nitrogens with two attached hydrogens (primary N) is 1. The van der Waals surface area contributed by atoms with Gasteiger partial charge in [0.05, 0.1) is 6.10 Å². The molecule has 0 unspecified atom stereocenters. The van der Waals surface area contributed by atoms with E-state index in [4.69, 9.17) is 10.5 Å². The van der Waals surface area contributed by atoms with Crippen LogP contribution in [-0.4, -0.2) is 11.1 Å². The van der Waals surface area contributed by atoms with E-state index in [0.29, 0.717) is 5.69 Å². The van der Waals surface area contributed by atoms with E-state index in [2.05, 4.69) is 4.98 Å². The summed E-state index contributed by atoms with van der Waals surface area (Å²) in [5.41, 5.74) is 7.64. The first-order valence-electron chi connectivity index (χ1n) is 5.70. The number of hydrogen-bond acceptors (Lipinski definition) is 5. The van der Waals surface area contributed by atoms with Crippen molar-refractivity contribution in [2.45, 2.75) is 36.1 Å². The molecule has 0 spiro atoms. The van der Waals surface area contributed by atoms with Crippen LogP contribution in [0.25, 0.3) is 0 Å². The summed E-state index contributed by atoms with van der Waals surface area (Å²) in [6, 6.07) is 5.78. The molecule has 0 atom stereocenters. The summed E-state index contributed by atoms with van der Waals surface area (Å²) in [5, 5.41) is 2.04. The van der Waals surface area contributed by atoms with E-state index in [0.717, 1.165) is 20.7 Å². The van der Waals surface area contributed by atoms with Crippen LogP contribution in [0.4, 0.5) is 5.69 Å². The van der Waals surface area contributed by atoms with Crippen LogP contribution in [-0.2, 0) is 0 Å². The Labute approximate surface area is 115 Å². The van der Waals surface area contributed by atoms with Crippen molar-refractivity contribution in [1.29, 1.82) is 0 Å². The van der Waals surface area contributed by atoms with Crippen LogP contribution < -0.4 is 10.5 Å². The Kier molecular flexibility index (Phi) is 4.14. The van der Waals surface area contributed by atoms with Crippen LogP contribution in [0.3, 0.4) is 0 Å². The van der Waals surface area contributed by atoms with Gasteiger partial charge in [-0.3, -0.25) is 0 Å². The number of ether oxygens (including phenoxy) is 1. The van der Waals surface area contributed by atoms with Crippen LogP contribution in [0, 0.1) is 6.92 Å². The summed E-state index contributed by atoms with van der Waals surface area (Å²) >= 11 is 3.25. The van der Waals surface area contributed by atoms with Gasteiger partial charge in [-0.2, -0.15) is 0 Å². The highest BCUT2D eigenvalue weighted by Crippen LogP contribution is 2.34. The fourth-order valence-electron chi connectivity index (χ4n) is 1.47. The molecule has 0 aliphatic heterocycles. The molecule has 18 heavy (non-hydrogen) atoms. The molecule has 1 aromatic carbocycles. The van der Waals surface area contributed by atoms with Crippen molar-refractivity contribution < 1.29 is 4.74 Å². The summed E-state index contributed by atoms with van der Waals surface area (Å²) in [6.45, 7) is 5.99. The second-order valence-corrected chi connectivity index (χ2v) is 6.44. The lowest BCUT2D eigenvalue weighted by Gasteiger charge is -2.11. The molecule has 0 fully saturated rings. The van der Waals surface area contributed by atoms with Gasteiger partial charge in [-0.25, -0.2) is 4.98 Å². The number of thiazole rings is 1. The Hall–Kier alpha value is -1.20. The molecule has 2 rings (SSSR count). The molecular formula is C13H16N2OS2. The molecule has 0 saturated carbocycles. The maximum Gasteiger partial charge on any atom is 0.154 e. The lowest BCUT2D eigenvalue weighted by atomic mass is 10.3. The van der Waals surface area contributed by atoms with Gasteiger partial charge in [-0.05, 0) is 32.9 Å². The lowest BCUT2D eigenvalue weighted by molar-refractivity contribution is 0.242. The summed E-state index contributed by atoms with van der Waals surface area (Å²) < 4.78 is 6.69. The Morgan fingerprint density at radius 2 is 2.11 bits per heavy atom. The Morgan fingerprint density at radius 3 is 2.72 bits per heavy atom. The number of nitrogens with zero attached hydrogens (tertiary/aromatic N) is 1. The third-order valence-electron chi connectivity index (χ3n) is 2.08. The highest BCUT2D eigenvalue weighted by Gasteiger charge is 2.06. The molecular weight excluding hydrogens is 264 g/mol. The zero-order valence-electron chi connectivity index (χ0n) is 10.6. The third kappa shape index (κ3) is 3.65. The minimum absolute atomic E-state index is 0.145. The number of aromatic nitrogens is 1. The topological polar surface area (TPSA) is 48.1 Å². The van der Waals surface area contributed by atoms with Gasteiger partial charge in [0.2, 0.25) is 0 Å². The Bertz CT molecular complexity index is 538. The molecule has 1 aromatic heterocycles. The van der Waals surface area contributed by atoms with Crippen molar-refractivity contribution >= 4 is 28.8 Å². The van der Waals surface area contributed by atoms with E-state index >= 15 is 0 Å². The molecule has 0 bridgehead atoms. The summed E-state index contributed by atoms with van der Waals surface area (Å²) in [7, 11) is 0. The minimum Gasteiger partial charge on any atom is -0.491 e. The van der Waals surface area contributed by atoms with Gasteiger partial charge >= 0.3 is 0 Å². The standard InChI is InChI=1S/C13H16N2OS2/c1-8(2)16-11-4-10(14)5-12(6-11)18-13-15-9(3)7-17-13/h4-8H,14H2,1-3H3. The number of nitrogen functional groups attached to an aromatic ring is 1. The van der Waals surface area contributed by atoms with Gasteiger partial charge < -0.3 is 10.5 Å². The van der Waals surface area contributed by atoms with E-state index in [1.54, 1.807) is 23.1 Å². The van der Waals surface area contributed by atoms with Crippen molar-refractivity contribution in [1.82, 2.24) is 4.98 Å². The quantitative estimate of drug-likeness (QED) is 0.861. The van der Waals surface area contributed by atoms with Crippen LogP contribution in [0.1, 0.15) is 19.5 Å². The second-order valence-electron chi connectivity index (χ2n) is 4.26. The van der Waals surface area contributed by atoms with Gasteiger partial charge in [-0.15, -0.1) is 11.3 Å². The lowest BCUT2D eigenvalue weighted by Crippen LogP contribution is -2.05. The minimum atomic E-state index is 0.145. The predicted molar refractivity (Wildman–Crippen MR) is 77.6 cm³/mol. The monoisotopic (exact) mass is 280 g/mol. The smallest absolute Gasteiger partial charge is 0.154 e. The molecule has 96 valence electrons. The van der Waals surface area contributed by atoms with Crippen molar-refractivity contribution in [2.24, 2.45) is 0 Å². The van der Waals surface area contributed by atoms with Crippen LogP contribution in [0.15, 0.2) is 32.8 Å². The molecule has 0 aliphatic carbocycles. The maximum absolute atomic E-state index is 5.88. The largest absolute Gasteiger partial charge is 0.491 e. The van der Waals surface area contributed by atoms with Crippen LogP contribution in [0.2, 0.25) is 0 Å². The molecule has 1 heterocycles. The first-order chi connectivity index (χ1) is 8.52. The molecule has 2 aromatic rings. The highest BCUT2D eigenvalue weighted by molar-refractivity contribution is 8.01. The van der Waals surface area contributed by atoms with Gasteiger partial charge in [-0.1, -0.05) is 11.8 Å². The first-order valence-corrected chi connectivity index (χ1v) is 7.40. The summed E-state index contributed by atoms with van der Waals surface area (Å²) in [5.74, 6) is 0.806. The Morgan fingerprint density at radius 1 is 1.33 bits per heavy atom. The fourth-order valence-corrected chi connectivity index (χ4v) is 3.38. The fraction of sp³-hybridized carbons (Fsp3) is 0.308. The summed E-state index contributed by atoms with van der Waals surface area (Å²) in [6.07, 6.45) is 0.145. The molecule has 5 heteroatoms. The average molecular weight is 280 g/mol. The molecule has 0 aliphatic rings. The van der Waals surface area contributed by atoms with Gasteiger partial charge in [0.25, 0.3) is 0 Å². The third-order valence-corrected chi connectivity index (χ3v) is 4.11. The summed E-state index contributed by atoms with van der Waals surface area (Å²) in [4.78, 5) is 5.48. The van der Waals surface area contributed by atoms with E-state index in [-0.39, 0.29) is 6.10 Å². The first kappa shape index (κ1) is 13.2.